The van der Waals surface area contributed by atoms with E-state index in [2.05, 4.69) is 5.32 Å². The summed E-state index contributed by atoms with van der Waals surface area (Å²) in [6, 6.07) is 9.08. The van der Waals surface area contributed by atoms with E-state index in [9.17, 15) is 14.4 Å². The Hall–Kier alpha value is -2.61. The van der Waals surface area contributed by atoms with E-state index >= 15 is 0 Å². The number of benzene rings is 1. The van der Waals surface area contributed by atoms with Gasteiger partial charge >= 0.3 is 18.0 Å². The molecule has 8 nitrogen and oxygen atoms in total. The largest absolute Gasteiger partial charge is 0.461 e. The van der Waals surface area contributed by atoms with E-state index in [-0.39, 0.29) is 18.8 Å². The van der Waals surface area contributed by atoms with Gasteiger partial charge in [-0.15, -0.1) is 0 Å². The van der Waals surface area contributed by atoms with Crippen molar-refractivity contribution in [1.82, 2.24) is 5.32 Å². The molecule has 1 fully saturated rings. The molecule has 0 radical (unpaired) electrons. The second kappa shape index (κ2) is 9.93. The quantitative estimate of drug-likeness (QED) is 0.413. The zero-order valence-corrected chi connectivity index (χ0v) is 18.1. The number of hydrogen-bond acceptors (Lipinski definition) is 7. The predicted octanol–water partition coefficient (Wildman–Crippen LogP) is 2.83. The summed E-state index contributed by atoms with van der Waals surface area (Å²) in [7, 11) is 0. The van der Waals surface area contributed by atoms with Gasteiger partial charge in [-0.2, -0.15) is 0 Å². The van der Waals surface area contributed by atoms with E-state index in [4.69, 9.17) is 19.9 Å². The molecule has 0 bridgehead atoms. The van der Waals surface area contributed by atoms with E-state index in [1.165, 1.54) is 6.92 Å². The van der Waals surface area contributed by atoms with Gasteiger partial charge in [0.1, 0.15) is 18.3 Å². The van der Waals surface area contributed by atoms with Crippen LogP contribution >= 0.6 is 0 Å². The Balaban J connectivity index is 1.77. The van der Waals surface area contributed by atoms with Crippen molar-refractivity contribution in [3.05, 3.63) is 35.9 Å². The molecule has 0 saturated heterocycles. The zero-order chi connectivity index (χ0) is 22.4. The Kier molecular flexibility index (Phi) is 7.83. The van der Waals surface area contributed by atoms with Crippen molar-refractivity contribution in [3.63, 3.8) is 0 Å². The highest BCUT2D eigenvalue weighted by molar-refractivity contribution is 6.04. The van der Waals surface area contributed by atoms with E-state index in [0.29, 0.717) is 25.7 Å². The van der Waals surface area contributed by atoms with Crippen LogP contribution in [0.15, 0.2) is 30.3 Å². The molecule has 1 saturated carbocycles. The smallest absolute Gasteiger partial charge is 0.407 e. The maximum Gasteiger partial charge on any atom is 0.407 e. The number of amides is 1. The maximum atomic E-state index is 12.5. The SMILES string of the molecule is CC(C)(C)OC(=O)NC1CCC(OC(=O)[C@](C)(N)C(=O)OCc2ccccc2)CC1. The van der Waals surface area contributed by atoms with E-state index in [1.54, 1.807) is 20.8 Å². The highest BCUT2D eigenvalue weighted by Crippen LogP contribution is 2.23. The molecule has 3 N–H and O–H groups in total. The fourth-order valence-corrected chi connectivity index (χ4v) is 3.03. The molecule has 0 heterocycles. The molecule has 1 atom stereocenters. The van der Waals surface area contributed by atoms with E-state index < -0.39 is 29.2 Å². The topological polar surface area (TPSA) is 117 Å². The first-order chi connectivity index (χ1) is 14.0. The molecule has 166 valence electrons. The highest BCUT2D eigenvalue weighted by Gasteiger charge is 2.42. The lowest BCUT2D eigenvalue weighted by Crippen LogP contribution is -2.55. The van der Waals surface area contributed by atoms with Gasteiger partial charge in [-0.25, -0.2) is 14.4 Å². The molecule has 2 rings (SSSR count). The van der Waals surface area contributed by atoms with E-state index in [0.717, 1.165) is 5.56 Å². The average molecular weight is 421 g/mol. The second-order valence-corrected chi connectivity index (χ2v) is 8.79. The minimum absolute atomic E-state index is 0.0290. The first kappa shape index (κ1) is 23.7. The van der Waals surface area contributed by atoms with Crippen molar-refractivity contribution in [2.24, 2.45) is 5.73 Å². The molecule has 8 heteroatoms. The highest BCUT2D eigenvalue weighted by atomic mass is 16.6. The normalized spacial score (nSPS) is 21.1. The molecule has 1 aromatic carbocycles. The molecular formula is C22H32N2O6. The summed E-state index contributed by atoms with van der Waals surface area (Å²) in [6.07, 6.45) is 1.56. The average Bonchev–Trinajstić information content (AvgIpc) is 2.66. The third-order valence-electron chi connectivity index (χ3n) is 4.73. The predicted molar refractivity (Wildman–Crippen MR) is 110 cm³/mol. The standard InChI is InChI=1S/C22H32N2O6/c1-21(2,3)30-20(27)24-16-10-12-17(13-11-16)29-19(26)22(4,23)18(25)28-14-15-8-6-5-7-9-15/h5-9,16-17H,10-14,23H2,1-4H3,(H,24,27)/t16?,17?,22-/m1/s1. The van der Waals surface area contributed by atoms with Crippen LogP contribution in [0.4, 0.5) is 4.79 Å². The van der Waals surface area contributed by atoms with Gasteiger partial charge < -0.3 is 25.3 Å². The number of esters is 2. The van der Waals surface area contributed by atoms with Gasteiger partial charge in [0.2, 0.25) is 5.54 Å². The molecular weight excluding hydrogens is 388 g/mol. The fourth-order valence-electron chi connectivity index (χ4n) is 3.03. The maximum absolute atomic E-state index is 12.5. The van der Waals surface area contributed by atoms with Crippen LogP contribution in [-0.4, -0.2) is 41.3 Å². The number of carbonyl (C=O) groups excluding carboxylic acids is 3. The number of rotatable bonds is 6. The molecule has 0 spiro atoms. The minimum Gasteiger partial charge on any atom is -0.461 e. The van der Waals surface area contributed by atoms with Crippen LogP contribution in [0.3, 0.4) is 0 Å². The van der Waals surface area contributed by atoms with Crippen molar-refractivity contribution in [2.75, 3.05) is 0 Å². The zero-order valence-electron chi connectivity index (χ0n) is 18.1. The Morgan fingerprint density at radius 2 is 1.60 bits per heavy atom. The Morgan fingerprint density at radius 1 is 1.00 bits per heavy atom. The minimum atomic E-state index is -1.89. The molecule has 1 amide bonds. The van der Waals surface area contributed by atoms with Crippen molar-refractivity contribution in [2.45, 2.75) is 83.3 Å². The molecule has 1 aliphatic carbocycles. The van der Waals surface area contributed by atoms with Crippen LogP contribution in [0.2, 0.25) is 0 Å². The summed E-state index contributed by atoms with van der Waals surface area (Å²) in [5, 5.41) is 2.83. The Morgan fingerprint density at radius 3 is 2.17 bits per heavy atom. The molecule has 0 aliphatic heterocycles. The number of hydrogen-bond donors (Lipinski definition) is 2. The molecule has 30 heavy (non-hydrogen) atoms. The van der Waals surface area contributed by atoms with Crippen LogP contribution in [0.25, 0.3) is 0 Å². The van der Waals surface area contributed by atoms with Crippen LogP contribution in [-0.2, 0) is 30.4 Å². The lowest BCUT2D eigenvalue weighted by molar-refractivity contribution is -0.168. The number of ether oxygens (including phenoxy) is 3. The third-order valence-corrected chi connectivity index (χ3v) is 4.73. The van der Waals surface area contributed by atoms with Crippen molar-refractivity contribution < 1.29 is 28.6 Å². The van der Waals surface area contributed by atoms with Crippen LogP contribution in [0, 0.1) is 0 Å². The van der Waals surface area contributed by atoms with Gasteiger partial charge in [0.25, 0.3) is 0 Å². The summed E-state index contributed by atoms with van der Waals surface area (Å²) < 4.78 is 15.9. The first-order valence-electron chi connectivity index (χ1n) is 10.2. The van der Waals surface area contributed by atoms with Crippen LogP contribution in [0.5, 0.6) is 0 Å². The van der Waals surface area contributed by atoms with Gasteiger partial charge in [0, 0.05) is 6.04 Å². The van der Waals surface area contributed by atoms with Gasteiger partial charge in [0.05, 0.1) is 0 Å². The summed E-state index contributed by atoms with van der Waals surface area (Å²) in [5.41, 5.74) is 4.26. The molecule has 0 unspecified atom stereocenters. The fraction of sp³-hybridized carbons (Fsp3) is 0.591. The number of alkyl carbamates (subject to hydrolysis) is 1. The summed E-state index contributed by atoms with van der Waals surface area (Å²) in [4.78, 5) is 36.6. The lowest BCUT2D eigenvalue weighted by Gasteiger charge is -2.31. The lowest BCUT2D eigenvalue weighted by atomic mass is 9.92. The van der Waals surface area contributed by atoms with Gasteiger partial charge in [-0.1, -0.05) is 30.3 Å². The second-order valence-electron chi connectivity index (χ2n) is 8.79. The van der Waals surface area contributed by atoms with Crippen molar-refractivity contribution in [1.29, 1.82) is 0 Å². The van der Waals surface area contributed by atoms with Gasteiger partial charge in [0.15, 0.2) is 0 Å². The van der Waals surface area contributed by atoms with Gasteiger partial charge in [-0.05, 0) is 58.9 Å². The number of nitrogens with two attached hydrogens (primary N) is 1. The molecule has 1 aromatic rings. The summed E-state index contributed by atoms with van der Waals surface area (Å²) in [6.45, 7) is 6.73. The van der Waals surface area contributed by atoms with Crippen molar-refractivity contribution in [3.8, 4) is 0 Å². The molecule has 1 aliphatic rings. The molecule has 0 aromatic heterocycles. The first-order valence-corrected chi connectivity index (χ1v) is 10.2. The van der Waals surface area contributed by atoms with E-state index in [1.807, 2.05) is 30.3 Å². The van der Waals surface area contributed by atoms with Crippen LogP contribution in [0.1, 0.15) is 58.9 Å². The van der Waals surface area contributed by atoms with Crippen LogP contribution < -0.4 is 11.1 Å². The monoisotopic (exact) mass is 420 g/mol. The Bertz CT molecular complexity index is 734. The van der Waals surface area contributed by atoms with Crippen molar-refractivity contribution >= 4 is 18.0 Å². The summed E-state index contributed by atoms with van der Waals surface area (Å²) >= 11 is 0. The number of carbonyl (C=O) groups is 3. The third kappa shape index (κ3) is 7.33. The summed E-state index contributed by atoms with van der Waals surface area (Å²) in [5.74, 6) is -1.65. The number of nitrogens with one attached hydrogen (secondary N) is 1. The Labute approximate surface area is 177 Å². The van der Waals surface area contributed by atoms with Gasteiger partial charge in [-0.3, -0.25) is 0 Å².